The van der Waals surface area contributed by atoms with Crippen molar-refractivity contribution in [3.63, 3.8) is 0 Å². The third-order valence-electron chi connectivity index (χ3n) is 5.79. The van der Waals surface area contributed by atoms with Gasteiger partial charge in [0.05, 0.1) is 15.4 Å². The van der Waals surface area contributed by atoms with Crippen molar-refractivity contribution in [1.29, 1.82) is 0 Å². The van der Waals surface area contributed by atoms with E-state index in [4.69, 9.17) is 4.74 Å². The average Bonchev–Trinajstić information content (AvgIpc) is 3.14. The van der Waals surface area contributed by atoms with Gasteiger partial charge < -0.3 is 10.1 Å². The maximum absolute atomic E-state index is 13.1. The summed E-state index contributed by atoms with van der Waals surface area (Å²) < 4.78 is 45.4. The quantitative estimate of drug-likeness (QED) is 0.160. The van der Waals surface area contributed by atoms with E-state index in [1.165, 1.54) is 24.3 Å². The van der Waals surface area contributed by atoms with Crippen LogP contribution in [0.15, 0.2) is 64.0 Å². The summed E-state index contributed by atoms with van der Waals surface area (Å²) in [4.78, 5) is 49.4. The first-order valence-electron chi connectivity index (χ1n) is 11.7. The number of anilines is 1. The number of nitrogens with zero attached hydrogens (tertiary/aromatic N) is 2. The van der Waals surface area contributed by atoms with Crippen LogP contribution in [0, 0.1) is 24.0 Å². The first-order valence-corrected chi connectivity index (χ1v) is 13.3. The molecule has 212 valence electrons. The first kappa shape index (κ1) is 29.8. The summed E-state index contributed by atoms with van der Waals surface area (Å²) in [5.74, 6) is -1.82. The Labute approximate surface area is 243 Å². The highest BCUT2D eigenvalue weighted by molar-refractivity contribution is 9.10. The van der Waals surface area contributed by atoms with E-state index >= 15 is 0 Å². The fourth-order valence-corrected chi connectivity index (χ4v) is 5.04. The van der Waals surface area contributed by atoms with Gasteiger partial charge in [0.2, 0.25) is 11.7 Å². The van der Waals surface area contributed by atoms with Gasteiger partial charge in [-0.2, -0.15) is 13.2 Å². The molecule has 3 aromatic rings. The Hall–Kier alpha value is -4.17. The molecule has 0 saturated carbocycles. The van der Waals surface area contributed by atoms with Crippen LogP contribution < -0.4 is 10.1 Å². The van der Waals surface area contributed by atoms with Crippen LogP contribution in [0.1, 0.15) is 22.3 Å². The van der Waals surface area contributed by atoms with Gasteiger partial charge in [0.25, 0.3) is 11.1 Å². The van der Waals surface area contributed by atoms with Gasteiger partial charge in [-0.05, 0) is 73.6 Å². The van der Waals surface area contributed by atoms with E-state index in [0.717, 1.165) is 22.1 Å². The normalized spacial score (nSPS) is 14.5. The summed E-state index contributed by atoms with van der Waals surface area (Å²) in [5.41, 5.74) is 0.408. The Morgan fingerprint density at radius 3 is 2.46 bits per heavy atom. The van der Waals surface area contributed by atoms with Crippen molar-refractivity contribution < 1.29 is 37.2 Å². The van der Waals surface area contributed by atoms with Crippen LogP contribution in [0.3, 0.4) is 0 Å². The summed E-state index contributed by atoms with van der Waals surface area (Å²) >= 11 is 3.85. The van der Waals surface area contributed by atoms with Gasteiger partial charge in [0.15, 0.2) is 0 Å². The molecular formula is C27H19BrF3N3O6S. The second-order valence-electron chi connectivity index (χ2n) is 8.86. The van der Waals surface area contributed by atoms with E-state index in [-0.39, 0.29) is 16.2 Å². The number of aryl methyl sites for hydroxylation is 2. The largest absolute Gasteiger partial charge is 0.449 e. The fraction of sp³-hybridized carbons (Fsp3) is 0.148. The molecule has 1 fully saturated rings. The Kier molecular flexibility index (Phi) is 8.54. The van der Waals surface area contributed by atoms with Crippen molar-refractivity contribution in [2.75, 3.05) is 11.9 Å². The van der Waals surface area contributed by atoms with Gasteiger partial charge in [-0.1, -0.05) is 33.6 Å². The second-order valence-corrected chi connectivity index (χ2v) is 10.8. The number of halogens is 4. The van der Waals surface area contributed by atoms with Gasteiger partial charge in [-0.25, -0.2) is 0 Å². The molecule has 3 aromatic carbocycles. The summed E-state index contributed by atoms with van der Waals surface area (Å²) in [7, 11) is 0. The van der Waals surface area contributed by atoms with Gasteiger partial charge in [0, 0.05) is 21.8 Å². The lowest BCUT2D eigenvalue weighted by molar-refractivity contribution is -0.385. The summed E-state index contributed by atoms with van der Waals surface area (Å²) in [6.07, 6.45) is -3.51. The smallest absolute Gasteiger partial charge is 0.416 e. The molecule has 9 nitrogen and oxygen atoms in total. The Balaban J connectivity index is 1.58. The van der Waals surface area contributed by atoms with Crippen molar-refractivity contribution in [3.05, 3.63) is 96.3 Å². The molecule has 41 heavy (non-hydrogen) atoms. The molecule has 0 unspecified atom stereocenters. The number of hydrogen-bond acceptors (Lipinski definition) is 7. The number of hydrogen-bond donors (Lipinski definition) is 1. The zero-order valence-electron chi connectivity index (χ0n) is 21.2. The topological polar surface area (TPSA) is 119 Å². The number of nitrogens with one attached hydrogen (secondary N) is 1. The van der Waals surface area contributed by atoms with Crippen molar-refractivity contribution in [2.45, 2.75) is 20.0 Å². The van der Waals surface area contributed by atoms with Crippen LogP contribution in [0.25, 0.3) is 6.08 Å². The number of rotatable bonds is 7. The number of nitro benzene ring substituents is 1. The monoisotopic (exact) mass is 649 g/mol. The molecule has 0 spiro atoms. The van der Waals surface area contributed by atoms with E-state index in [1.54, 1.807) is 6.07 Å². The SMILES string of the molecule is Cc1ccc(NC(=O)CN2C(=O)S/C(=C/c3cc(Br)ccc3Oc3ccc(C(F)(F)F)cc3[N+](=O)[O-])C2=O)c(C)c1. The second kappa shape index (κ2) is 11.7. The first-order chi connectivity index (χ1) is 19.2. The molecule has 0 radical (unpaired) electrons. The third kappa shape index (κ3) is 6.95. The minimum absolute atomic E-state index is 0.0320. The molecule has 0 aromatic heterocycles. The van der Waals surface area contributed by atoms with Crippen molar-refractivity contribution in [3.8, 4) is 11.5 Å². The number of benzene rings is 3. The van der Waals surface area contributed by atoms with E-state index in [2.05, 4.69) is 21.2 Å². The molecular weight excluding hydrogens is 631 g/mol. The van der Waals surface area contributed by atoms with Crippen LogP contribution in [0.5, 0.6) is 11.5 Å². The molecule has 0 atom stereocenters. The molecule has 14 heteroatoms. The highest BCUT2D eigenvalue weighted by Crippen LogP contribution is 2.40. The number of carbonyl (C=O) groups is 3. The lowest BCUT2D eigenvalue weighted by Gasteiger charge is -2.14. The van der Waals surface area contributed by atoms with Gasteiger partial charge in [0.1, 0.15) is 12.3 Å². The molecule has 0 aliphatic carbocycles. The van der Waals surface area contributed by atoms with Crippen molar-refractivity contribution >= 4 is 62.2 Å². The summed E-state index contributed by atoms with van der Waals surface area (Å²) in [5, 5.41) is 13.5. The van der Waals surface area contributed by atoms with Gasteiger partial charge in [-0.3, -0.25) is 29.4 Å². The van der Waals surface area contributed by atoms with E-state index in [1.807, 2.05) is 26.0 Å². The van der Waals surface area contributed by atoms with Gasteiger partial charge >= 0.3 is 11.9 Å². The summed E-state index contributed by atoms with van der Waals surface area (Å²) in [6.45, 7) is 3.18. The number of nitro groups is 1. The van der Waals surface area contributed by atoms with E-state index in [0.29, 0.717) is 34.1 Å². The van der Waals surface area contributed by atoms with Crippen LogP contribution in [-0.2, 0) is 15.8 Å². The molecule has 1 heterocycles. The van der Waals surface area contributed by atoms with Crippen LogP contribution >= 0.6 is 27.7 Å². The number of amides is 3. The van der Waals surface area contributed by atoms with Crippen molar-refractivity contribution in [1.82, 2.24) is 4.90 Å². The zero-order valence-corrected chi connectivity index (χ0v) is 23.6. The average molecular weight is 650 g/mol. The highest BCUT2D eigenvalue weighted by atomic mass is 79.9. The Morgan fingerprint density at radius 2 is 1.80 bits per heavy atom. The number of thioether (sulfide) groups is 1. The van der Waals surface area contributed by atoms with Crippen LogP contribution in [0.4, 0.5) is 29.3 Å². The van der Waals surface area contributed by atoms with E-state index < -0.39 is 51.7 Å². The van der Waals surface area contributed by atoms with Crippen LogP contribution in [-0.4, -0.2) is 33.4 Å². The highest BCUT2D eigenvalue weighted by Gasteiger charge is 2.37. The molecule has 0 bridgehead atoms. The molecule has 1 N–H and O–H groups in total. The standard InChI is InChI=1S/C27H19BrF3N3O6S/c1-14-3-6-19(15(2)9-14)32-24(35)13-33-25(36)23(41-26(33)37)11-16-10-18(28)5-8-21(16)40-22-7-4-17(27(29,30)31)12-20(22)34(38)39/h3-12H,13H2,1-2H3,(H,32,35)/b23-11+. The van der Waals surface area contributed by atoms with Crippen LogP contribution in [0.2, 0.25) is 0 Å². The lowest BCUT2D eigenvalue weighted by Crippen LogP contribution is -2.36. The number of ether oxygens (including phenoxy) is 1. The predicted octanol–water partition coefficient (Wildman–Crippen LogP) is 7.46. The fourth-order valence-electron chi connectivity index (χ4n) is 3.83. The third-order valence-corrected chi connectivity index (χ3v) is 7.19. The number of imide groups is 1. The molecule has 1 saturated heterocycles. The van der Waals surface area contributed by atoms with Crippen molar-refractivity contribution in [2.24, 2.45) is 0 Å². The Bertz CT molecular complexity index is 1630. The zero-order chi connectivity index (χ0) is 30.1. The number of alkyl halides is 3. The summed E-state index contributed by atoms with van der Waals surface area (Å²) in [6, 6.07) is 11.6. The van der Waals surface area contributed by atoms with E-state index in [9.17, 15) is 37.7 Å². The predicted molar refractivity (Wildman–Crippen MR) is 150 cm³/mol. The number of carbonyl (C=O) groups excluding carboxylic acids is 3. The lowest BCUT2D eigenvalue weighted by atomic mass is 10.1. The minimum atomic E-state index is -4.80. The maximum Gasteiger partial charge on any atom is 0.416 e. The maximum atomic E-state index is 13.1. The molecule has 4 rings (SSSR count). The van der Waals surface area contributed by atoms with Gasteiger partial charge in [-0.15, -0.1) is 0 Å². The Morgan fingerprint density at radius 1 is 1.10 bits per heavy atom. The molecule has 3 amide bonds. The molecule has 1 aliphatic heterocycles. The molecule has 1 aliphatic rings. The minimum Gasteiger partial charge on any atom is -0.449 e.